The number of unbranched alkanes of at least 4 members (excludes halogenated alkanes) is 3. The van der Waals surface area contributed by atoms with Gasteiger partial charge in [-0.25, -0.2) is 0 Å². The summed E-state index contributed by atoms with van der Waals surface area (Å²) < 4.78 is -0.830. The second-order valence-electron chi connectivity index (χ2n) is 14.6. The fraction of sp³-hybridized carbons (Fsp3) is 0.971. The molecule has 0 aromatic carbocycles. The first kappa shape index (κ1) is 28.8. The highest BCUT2D eigenvalue weighted by atomic mass is 35.5. The molecule has 5 saturated carbocycles. The van der Waals surface area contributed by atoms with Gasteiger partial charge in [0, 0.05) is 0 Å². The Bertz CT molecular complexity index is 742. The van der Waals surface area contributed by atoms with Gasteiger partial charge in [-0.3, -0.25) is 4.79 Å². The van der Waals surface area contributed by atoms with Crippen molar-refractivity contribution in [1.29, 1.82) is 0 Å². The summed E-state index contributed by atoms with van der Waals surface area (Å²) in [7, 11) is 0. The predicted octanol–water partition coefficient (Wildman–Crippen LogP) is 11.1. The third-order valence-electron chi connectivity index (χ3n) is 13.0. The number of ketones is 1. The van der Waals surface area contributed by atoms with Crippen LogP contribution in [0.1, 0.15) is 155 Å². The lowest BCUT2D eigenvalue weighted by atomic mass is 9.41. The van der Waals surface area contributed by atoms with E-state index in [4.69, 9.17) is 23.2 Å². The maximum absolute atomic E-state index is 14.0. The van der Waals surface area contributed by atoms with Crippen molar-refractivity contribution in [2.45, 2.75) is 159 Å². The molecule has 0 aromatic rings. The number of halogens is 2. The molecule has 0 heterocycles. The number of carbonyl (C=O) groups excluding carboxylic acids is 1. The van der Waals surface area contributed by atoms with Gasteiger partial charge in [0.15, 0.2) is 5.78 Å². The van der Waals surface area contributed by atoms with Crippen LogP contribution in [0.5, 0.6) is 0 Å². The van der Waals surface area contributed by atoms with E-state index in [0.717, 1.165) is 61.2 Å². The van der Waals surface area contributed by atoms with Gasteiger partial charge in [0.2, 0.25) is 0 Å². The van der Waals surface area contributed by atoms with E-state index in [0.29, 0.717) is 5.78 Å². The molecule has 5 fully saturated rings. The van der Waals surface area contributed by atoms with Gasteiger partial charge in [0.25, 0.3) is 0 Å². The Morgan fingerprint density at radius 2 is 1.03 bits per heavy atom. The number of hydrogen-bond donors (Lipinski definition) is 0. The third kappa shape index (κ3) is 5.22. The van der Waals surface area contributed by atoms with E-state index in [2.05, 4.69) is 13.8 Å². The van der Waals surface area contributed by atoms with Gasteiger partial charge in [-0.05, 0) is 113 Å². The Labute approximate surface area is 239 Å². The first-order chi connectivity index (χ1) is 17.9. The topological polar surface area (TPSA) is 17.1 Å². The molecule has 212 valence electrons. The molecular weight excluding hydrogens is 495 g/mol. The quantitative estimate of drug-likeness (QED) is 0.217. The molecule has 5 aliphatic carbocycles. The molecule has 5 rings (SSSR count). The molecule has 3 heteroatoms. The maximum atomic E-state index is 14.0. The molecule has 0 atom stereocenters. The Hall–Kier alpha value is 0.250. The monoisotopic (exact) mass is 550 g/mol. The van der Waals surface area contributed by atoms with Crippen LogP contribution in [0, 0.1) is 46.3 Å². The highest BCUT2D eigenvalue weighted by molar-refractivity contribution is 6.55. The van der Waals surface area contributed by atoms with Crippen molar-refractivity contribution in [1.82, 2.24) is 0 Å². The second kappa shape index (κ2) is 12.0. The number of hydrogen-bond acceptors (Lipinski definition) is 1. The van der Waals surface area contributed by atoms with E-state index in [9.17, 15) is 4.79 Å². The molecule has 0 N–H and O–H groups in total. The van der Waals surface area contributed by atoms with Crippen LogP contribution >= 0.6 is 23.2 Å². The molecule has 0 saturated heterocycles. The lowest BCUT2D eigenvalue weighted by Crippen LogP contribution is -2.74. The minimum absolute atomic E-state index is 0.435. The molecule has 0 amide bonds. The summed E-state index contributed by atoms with van der Waals surface area (Å²) in [4.78, 5) is 14.0. The van der Waals surface area contributed by atoms with E-state index < -0.39 is 15.2 Å². The van der Waals surface area contributed by atoms with Crippen molar-refractivity contribution in [3.8, 4) is 0 Å². The number of rotatable bonds is 8. The molecule has 2 spiro atoms. The maximum Gasteiger partial charge on any atom is 0.151 e. The minimum Gasteiger partial charge on any atom is -0.298 e. The standard InChI is InChI=1S/C34H56Cl2O/c1-3-5-6-7-8-26-11-15-28(16-12-26)30-19-23-33(24-20-30)31(37)32(34(33,35)36)21-17-29(18-22-32)27-13-9-25(4-2)10-14-27/h25-30H,3-24H2,1-2H3. The average Bonchev–Trinajstić information content (AvgIpc) is 2.95. The minimum atomic E-state index is -0.830. The van der Waals surface area contributed by atoms with Crippen molar-refractivity contribution in [2.75, 3.05) is 0 Å². The molecule has 0 aliphatic heterocycles. The lowest BCUT2D eigenvalue weighted by molar-refractivity contribution is -0.173. The Kier molecular flexibility index (Phi) is 9.33. The van der Waals surface area contributed by atoms with Crippen LogP contribution < -0.4 is 0 Å². The summed E-state index contributed by atoms with van der Waals surface area (Å²) in [5.74, 6) is 5.78. The molecule has 0 aromatic heterocycles. The molecule has 37 heavy (non-hydrogen) atoms. The van der Waals surface area contributed by atoms with E-state index >= 15 is 0 Å². The van der Waals surface area contributed by atoms with Gasteiger partial charge in [0.1, 0.15) is 4.33 Å². The Balaban J connectivity index is 1.09. The summed E-state index contributed by atoms with van der Waals surface area (Å²) in [6.45, 7) is 4.65. The number of Topliss-reactive ketones (excluding diaryl/α,β-unsaturated/α-hetero) is 1. The molecule has 5 aliphatic rings. The van der Waals surface area contributed by atoms with Crippen LogP contribution in [0.25, 0.3) is 0 Å². The fourth-order valence-electron chi connectivity index (χ4n) is 10.3. The summed E-state index contributed by atoms with van der Waals surface area (Å²) >= 11 is 14.6. The lowest BCUT2D eigenvalue weighted by Gasteiger charge is -2.67. The predicted molar refractivity (Wildman–Crippen MR) is 158 cm³/mol. The zero-order valence-corrected chi connectivity index (χ0v) is 25.7. The molecule has 1 nitrogen and oxygen atoms in total. The molecule has 0 bridgehead atoms. The van der Waals surface area contributed by atoms with Crippen LogP contribution in [0.15, 0.2) is 0 Å². The summed E-state index contributed by atoms with van der Waals surface area (Å²) in [5.41, 5.74) is -0.870. The third-order valence-corrected chi connectivity index (χ3v) is 14.4. The first-order valence-electron chi connectivity index (χ1n) is 16.8. The zero-order chi connectivity index (χ0) is 26.1. The average molecular weight is 552 g/mol. The van der Waals surface area contributed by atoms with E-state index in [1.807, 2.05) is 0 Å². The number of carbonyl (C=O) groups is 1. The summed E-state index contributed by atoms with van der Waals surface area (Å²) in [6.07, 6.45) is 28.3. The fourth-order valence-corrected chi connectivity index (χ4v) is 11.4. The Morgan fingerprint density at radius 3 is 1.43 bits per heavy atom. The normalized spacial score (nSPS) is 44.2. The van der Waals surface area contributed by atoms with E-state index in [-0.39, 0.29) is 0 Å². The molecule has 0 radical (unpaired) electrons. The van der Waals surface area contributed by atoms with E-state index in [1.165, 1.54) is 116 Å². The molecule has 0 unspecified atom stereocenters. The highest BCUT2D eigenvalue weighted by Gasteiger charge is 2.79. The van der Waals surface area contributed by atoms with Gasteiger partial charge in [-0.1, -0.05) is 101 Å². The van der Waals surface area contributed by atoms with Crippen LogP contribution in [0.4, 0.5) is 0 Å². The first-order valence-corrected chi connectivity index (χ1v) is 17.5. The van der Waals surface area contributed by atoms with Crippen molar-refractivity contribution in [2.24, 2.45) is 46.3 Å². The van der Waals surface area contributed by atoms with Crippen LogP contribution in [-0.4, -0.2) is 10.1 Å². The zero-order valence-electron chi connectivity index (χ0n) is 24.2. The Morgan fingerprint density at radius 1 is 0.595 bits per heavy atom. The van der Waals surface area contributed by atoms with Crippen LogP contribution in [0.2, 0.25) is 0 Å². The van der Waals surface area contributed by atoms with Gasteiger partial charge in [-0.15, -0.1) is 0 Å². The number of alkyl halides is 2. The van der Waals surface area contributed by atoms with E-state index in [1.54, 1.807) is 0 Å². The highest BCUT2D eigenvalue weighted by Crippen LogP contribution is 2.75. The van der Waals surface area contributed by atoms with Crippen LogP contribution in [0.3, 0.4) is 0 Å². The largest absolute Gasteiger partial charge is 0.298 e. The summed E-state index contributed by atoms with van der Waals surface area (Å²) in [5, 5.41) is 0. The van der Waals surface area contributed by atoms with Gasteiger partial charge in [-0.2, -0.15) is 0 Å². The SMILES string of the molecule is CCCCCCC1CCC(C2CCC3(CC2)C(=O)C2(CCC(C4CCC(CC)CC4)CC2)C3(Cl)Cl)CC1. The van der Waals surface area contributed by atoms with Crippen LogP contribution in [-0.2, 0) is 4.79 Å². The van der Waals surface area contributed by atoms with Crippen molar-refractivity contribution in [3.05, 3.63) is 0 Å². The van der Waals surface area contributed by atoms with Gasteiger partial charge in [0.05, 0.1) is 10.8 Å². The smallest absolute Gasteiger partial charge is 0.151 e. The van der Waals surface area contributed by atoms with Crippen molar-refractivity contribution in [3.63, 3.8) is 0 Å². The molecular formula is C34H56Cl2O. The van der Waals surface area contributed by atoms with Crippen molar-refractivity contribution >= 4 is 29.0 Å². The van der Waals surface area contributed by atoms with Crippen molar-refractivity contribution < 1.29 is 4.79 Å². The second-order valence-corrected chi connectivity index (χ2v) is 15.9. The van der Waals surface area contributed by atoms with Gasteiger partial charge < -0.3 is 0 Å². The van der Waals surface area contributed by atoms with Gasteiger partial charge >= 0.3 is 0 Å². The summed E-state index contributed by atoms with van der Waals surface area (Å²) in [6, 6.07) is 0.